The molecule has 0 radical (unpaired) electrons. The first-order valence-electron chi connectivity index (χ1n) is 3.34. The molecule has 10 heavy (non-hydrogen) atoms. The highest BCUT2D eigenvalue weighted by Gasteiger charge is 2.25. The lowest BCUT2D eigenvalue weighted by atomic mass is 10.2. The molecule has 0 fully saturated rings. The van der Waals surface area contributed by atoms with Crippen LogP contribution in [0.2, 0.25) is 0 Å². The molecule has 0 saturated heterocycles. The van der Waals surface area contributed by atoms with E-state index >= 15 is 0 Å². The molecule has 0 aliphatic rings. The average Bonchev–Trinajstić information content (AvgIpc) is 1.83. The van der Waals surface area contributed by atoms with Gasteiger partial charge in [-0.3, -0.25) is 5.73 Å². The van der Waals surface area contributed by atoms with Gasteiger partial charge >= 0.3 is 0 Å². The van der Waals surface area contributed by atoms with Gasteiger partial charge in [0.05, 0.1) is 21.1 Å². The largest absolute Gasteiger partial charge is 0.384 e. The minimum absolute atomic E-state index is 0.219. The summed E-state index contributed by atoms with van der Waals surface area (Å²) >= 11 is 0. The summed E-state index contributed by atoms with van der Waals surface area (Å²) < 4.78 is 0.526. The highest BCUT2D eigenvalue weighted by atomic mass is 16.3. The van der Waals surface area contributed by atoms with E-state index in [1.54, 1.807) is 0 Å². The third-order valence-electron chi connectivity index (χ3n) is 1.53. The number of nitrogens with zero attached hydrogens (tertiary/aromatic N) is 1. The zero-order chi connectivity index (χ0) is 8.36. The Morgan fingerprint density at radius 2 is 1.80 bits per heavy atom. The zero-order valence-corrected chi connectivity index (χ0v) is 6.91. The van der Waals surface area contributed by atoms with Crippen LogP contribution in [0.25, 0.3) is 0 Å². The minimum atomic E-state index is -0.611. The molecule has 0 saturated carbocycles. The smallest absolute Gasteiger partial charge is 0.167 e. The number of nitrogens with two attached hydrogens (primary N) is 2. The van der Waals surface area contributed by atoms with Crippen molar-refractivity contribution in [3.8, 4) is 0 Å². The number of aliphatic hydroxyl groups is 1. The number of likely N-dealkylation sites (N-methyl/N-ethyl adjacent to an activating group) is 1. The summed E-state index contributed by atoms with van der Waals surface area (Å²) in [6, 6.07) is 0. The summed E-state index contributed by atoms with van der Waals surface area (Å²) in [6.45, 7) is 0.219. The first-order valence-corrected chi connectivity index (χ1v) is 3.34. The van der Waals surface area contributed by atoms with Crippen LogP contribution in [-0.2, 0) is 0 Å². The Balaban J connectivity index is 3.94. The van der Waals surface area contributed by atoms with Crippen molar-refractivity contribution in [1.29, 1.82) is 0 Å². The van der Waals surface area contributed by atoms with E-state index in [2.05, 4.69) is 0 Å². The first kappa shape index (κ1) is 9.84. The average molecular weight is 148 g/mol. The highest BCUT2D eigenvalue weighted by Crippen LogP contribution is 1.99. The van der Waals surface area contributed by atoms with Crippen LogP contribution in [0.15, 0.2) is 0 Å². The van der Waals surface area contributed by atoms with Gasteiger partial charge < -0.3 is 15.3 Å². The first-order chi connectivity index (χ1) is 4.39. The molecular formula is C6H18N3O+. The summed E-state index contributed by atoms with van der Waals surface area (Å²) in [7, 11) is 5.76. The lowest BCUT2D eigenvalue weighted by Crippen LogP contribution is -2.58. The second kappa shape index (κ2) is 3.30. The van der Waals surface area contributed by atoms with Crippen LogP contribution in [0.3, 0.4) is 0 Å². The van der Waals surface area contributed by atoms with Crippen LogP contribution >= 0.6 is 0 Å². The van der Waals surface area contributed by atoms with Crippen molar-refractivity contribution in [1.82, 2.24) is 0 Å². The van der Waals surface area contributed by atoms with Crippen molar-refractivity contribution in [3.63, 3.8) is 0 Å². The second-order valence-electron chi connectivity index (χ2n) is 3.41. The Morgan fingerprint density at radius 3 is 1.90 bits per heavy atom. The Hall–Kier alpha value is -0.160. The molecule has 0 aromatic heterocycles. The van der Waals surface area contributed by atoms with E-state index in [0.29, 0.717) is 4.48 Å². The molecule has 0 amide bonds. The Bertz CT molecular complexity index is 99.7. The van der Waals surface area contributed by atoms with Crippen molar-refractivity contribution < 1.29 is 9.59 Å². The fourth-order valence-electron chi connectivity index (χ4n) is 0.656. The molecule has 0 bridgehead atoms. The van der Waals surface area contributed by atoms with Crippen molar-refractivity contribution in [2.75, 3.05) is 27.7 Å². The van der Waals surface area contributed by atoms with Crippen molar-refractivity contribution >= 4 is 0 Å². The van der Waals surface area contributed by atoms with Crippen LogP contribution in [0.4, 0.5) is 0 Å². The van der Waals surface area contributed by atoms with Gasteiger partial charge in [0.25, 0.3) is 0 Å². The van der Waals surface area contributed by atoms with Crippen molar-refractivity contribution in [2.45, 2.75) is 12.3 Å². The molecule has 0 rings (SSSR count). The van der Waals surface area contributed by atoms with Gasteiger partial charge in [-0.1, -0.05) is 0 Å². The van der Waals surface area contributed by atoms with Gasteiger partial charge in [-0.15, -0.1) is 0 Å². The van der Waals surface area contributed by atoms with Gasteiger partial charge in [-0.2, -0.15) is 0 Å². The number of aliphatic hydroxyl groups excluding tert-OH is 1. The summed E-state index contributed by atoms with van der Waals surface area (Å²) in [4.78, 5) is 0. The van der Waals surface area contributed by atoms with E-state index in [4.69, 9.17) is 11.5 Å². The molecule has 0 spiro atoms. The van der Waals surface area contributed by atoms with Gasteiger partial charge in [-0.25, -0.2) is 0 Å². The molecule has 5 N–H and O–H groups in total. The van der Waals surface area contributed by atoms with Gasteiger partial charge in [0, 0.05) is 6.54 Å². The number of quaternary nitrogens is 1. The van der Waals surface area contributed by atoms with Crippen LogP contribution in [-0.4, -0.2) is 49.5 Å². The third-order valence-corrected chi connectivity index (χ3v) is 1.53. The molecule has 2 unspecified atom stereocenters. The minimum Gasteiger partial charge on any atom is -0.384 e. The summed E-state index contributed by atoms with van der Waals surface area (Å²) in [5.74, 6) is 0. The van der Waals surface area contributed by atoms with Gasteiger partial charge in [-0.05, 0) is 0 Å². The second-order valence-corrected chi connectivity index (χ2v) is 3.41. The van der Waals surface area contributed by atoms with Gasteiger partial charge in [0.1, 0.15) is 6.10 Å². The van der Waals surface area contributed by atoms with Crippen LogP contribution in [0, 0.1) is 0 Å². The maximum Gasteiger partial charge on any atom is 0.167 e. The molecule has 0 aliphatic carbocycles. The van der Waals surface area contributed by atoms with Crippen molar-refractivity contribution in [3.05, 3.63) is 0 Å². The number of hydrogen-bond donors (Lipinski definition) is 3. The Kier molecular flexibility index (Phi) is 3.24. The fraction of sp³-hybridized carbons (Fsp3) is 1.00. The van der Waals surface area contributed by atoms with E-state index in [1.165, 1.54) is 0 Å². The monoisotopic (exact) mass is 148 g/mol. The van der Waals surface area contributed by atoms with E-state index in [1.807, 2.05) is 21.1 Å². The summed E-state index contributed by atoms with van der Waals surface area (Å²) in [5.41, 5.74) is 10.9. The third kappa shape index (κ3) is 2.62. The van der Waals surface area contributed by atoms with E-state index in [9.17, 15) is 5.11 Å². The Labute approximate surface area is 62.0 Å². The maximum atomic E-state index is 9.20. The van der Waals surface area contributed by atoms with Crippen LogP contribution < -0.4 is 11.5 Å². The molecule has 4 heteroatoms. The molecule has 2 atom stereocenters. The fourth-order valence-corrected chi connectivity index (χ4v) is 0.656. The van der Waals surface area contributed by atoms with Crippen molar-refractivity contribution in [2.24, 2.45) is 11.5 Å². The van der Waals surface area contributed by atoms with E-state index in [-0.39, 0.29) is 12.7 Å². The van der Waals surface area contributed by atoms with Crippen LogP contribution in [0.1, 0.15) is 0 Å². The maximum absolute atomic E-state index is 9.20. The van der Waals surface area contributed by atoms with Crippen LogP contribution in [0.5, 0.6) is 0 Å². The standard InChI is InChI=1S/C6H18N3O/c1-9(2,3)6(8)5(10)4-7/h5-6,10H,4,7-8H2,1-3H3/q+1. The number of hydrogen-bond acceptors (Lipinski definition) is 3. The lowest BCUT2D eigenvalue weighted by molar-refractivity contribution is -0.899. The predicted molar refractivity (Wildman–Crippen MR) is 41.1 cm³/mol. The molecule has 0 heterocycles. The van der Waals surface area contributed by atoms with E-state index in [0.717, 1.165) is 0 Å². The summed E-state index contributed by atoms with van der Waals surface area (Å²) in [6.07, 6.45) is -0.912. The van der Waals surface area contributed by atoms with E-state index < -0.39 is 6.10 Å². The molecule has 0 aromatic carbocycles. The topological polar surface area (TPSA) is 72.3 Å². The zero-order valence-electron chi connectivity index (χ0n) is 6.91. The summed E-state index contributed by atoms with van der Waals surface area (Å²) in [5, 5.41) is 9.20. The van der Waals surface area contributed by atoms with Gasteiger partial charge in [0.2, 0.25) is 0 Å². The molecule has 0 aromatic rings. The molecule has 0 aliphatic heterocycles. The van der Waals surface area contributed by atoms with Gasteiger partial charge in [0.15, 0.2) is 6.17 Å². The highest BCUT2D eigenvalue weighted by molar-refractivity contribution is 4.62. The quantitative estimate of drug-likeness (QED) is 0.330. The predicted octanol–water partition coefficient (Wildman–Crippen LogP) is -1.70. The Morgan fingerprint density at radius 1 is 1.40 bits per heavy atom. The number of rotatable bonds is 3. The SMILES string of the molecule is C[N+](C)(C)C(N)C(O)CN. The molecular weight excluding hydrogens is 130 g/mol. The molecule has 62 valence electrons. The molecule has 4 nitrogen and oxygen atoms in total. The lowest BCUT2D eigenvalue weighted by Gasteiger charge is -2.33. The normalized spacial score (nSPS) is 18.6.